The highest BCUT2D eigenvalue weighted by atomic mass is 32.2. The fraction of sp³-hybridized carbons (Fsp3) is 0.500. The molecule has 0 aliphatic heterocycles. The molecular formula is C8H13N3O2S. The number of nitrogens with one attached hydrogen (secondary N) is 1. The summed E-state index contributed by atoms with van der Waals surface area (Å²) < 4.78 is 4.95. The SMILES string of the molecule is CCCSCc1cc(C(=O)NN)no1. The first kappa shape index (κ1) is 11.1. The smallest absolute Gasteiger partial charge is 0.287 e. The fourth-order valence-corrected chi connectivity index (χ4v) is 1.65. The van der Waals surface area contributed by atoms with Gasteiger partial charge < -0.3 is 4.52 Å². The Kier molecular flexibility index (Phi) is 4.48. The highest BCUT2D eigenvalue weighted by molar-refractivity contribution is 7.98. The van der Waals surface area contributed by atoms with Gasteiger partial charge in [0.15, 0.2) is 5.69 Å². The fourth-order valence-electron chi connectivity index (χ4n) is 0.879. The summed E-state index contributed by atoms with van der Waals surface area (Å²) in [5.41, 5.74) is 2.22. The molecule has 0 saturated heterocycles. The summed E-state index contributed by atoms with van der Waals surface area (Å²) >= 11 is 1.74. The van der Waals surface area contributed by atoms with Crippen LogP contribution in [-0.4, -0.2) is 16.8 Å². The summed E-state index contributed by atoms with van der Waals surface area (Å²) in [5.74, 6) is 7.02. The largest absolute Gasteiger partial charge is 0.360 e. The van der Waals surface area contributed by atoms with E-state index in [9.17, 15) is 4.79 Å². The quantitative estimate of drug-likeness (QED) is 0.330. The second kappa shape index (κ2) is 5.66. The van der Waals surface area contributed by atoms with Gasteiger partial charge in [-0.15, -0.1) is 0 Å². The van der Waals surface area contributed by atoms with Crippen molar-refractivity contribution < 1.29 is 9.32 Å². The van der Waals surface area contributed by atoms with Crippen LogP contribution in [0.2, 0.25) is 0 Å². The molecule has 0 radical (unpaired) electrons. The summed E-state index contributed by atoms with van der Waals surface area (Å²) in [4.78, 5) is 11.0. The van der Waals surface area contributed by atoms with Crippen molar-refractivity contribution >= 4 is 17.7 Å². The van der Waals surface area contributed by atoms with Crippen molar-refractivity contribution in [2.45, 2.75) is 19.1 Å². The van der Waals surface area contributed by atoms with Gasteiger partial charge in [-0.25, -0.2) is 5.84 Å². The van der Waals surface area contributed by atoms with E-state index in [2.05, 4.69) is 12.1 Å². The number of hydrogen-bond donors (Lipinski definition) is 2. The molecule has 0 atom stereocenters. The molecule has 78 valence electrons. The Hall–Kier alpha value is -1.01. The van der Waals surface area contributed by atoms with Crippen molar-refractivity contribution in [3.05, 3.63) is 17.5 Å². The standard InChI is InChI=1S/C8H13N3O2S/c1-2-3-14-5-6-4-7(11-13-6)8(12)10-9/h4H,2-3,5,9H2,1H3,(H,10,12). The van der Waals surface area contributed by atoms with Crippen molar-refractivity contribution in [2.24, 2.45) is 5.84 Å². The molecule has 0 spiro atoms. The highest BCUT2D eigenvalue weighted by Crippen LogP contribution is 2.13. The van der Waals surface area contributed by atoms with Crippen LogP contribution in [-0.2, 0) is 5.75 Å². The Bertz CT molecular complexity index is 301. The van der Waals surface area contributed by atoms with Crippen LogP contribution in [0.4, 0.5) is 0 Å². The topological polar surface area (TPSA) is 81.2 Å². The predicted molar refractivity (Wildman–Crippen MR) is 54.6 cm³/mol. The molecule has 1 heterocycles. The molecule has 6 heteroatoms. The number of carbonyl (C=O) groups excluding carboxylic acids is 1. The van der Waals surface area contributed by atoms with Crippen molar-refractivity contribution in [3.63, 3.8) is 0 Å². The normalized spacial score (nSPS) is 10.1. The van der Waals surface area contributed by atoms with Gasteiger partial charge in [0.2, 0.25) is 0 Å². The van der Waals surface area contributed by atoms with E-state index in [-0.39, 0.29) is 5.69 Å². The second-order valence-electron chi connectivity index (χ2n) is 2.70. The van der Waals surface area contributed by atoms with Crippen molar-refractivity contribution in [1.82, 2.24) is 10.6 Å². The van der Waals surface area contributed by atoms with Crippen LogP contribution in [0.5, 0.6) is 0 Å². The van der Waals surface area contributed by atoms with Crippen molar-refractivity contribution in [1.29, 1.82) is 0 Å². The van der Waals surface area contributed by atoms with Crippen LogP contribution in [0.15, 0.2) is 10.6 Å². The van der Waals surface area contributed by atoms with Crippen LogP contribution in [0, 0.1) is 0 Å². The zero-order valence-electron chi connectivity index (χ0n) is 7.95. The van der Waals surface area contributed by atoms with Crippen LogP contribution >= 0.6 is 11.8 Å². The lowest BCUT2D eigenvalue weighted by atomic mass is 10.4. The average molecular weight is 215 g/mol. The minimum absolute atomic E-state index is 0.222. The Morgan fingerprint density at radius 3 is 3.21 bits per heavy atom. The zero-order chi connectivity index (χ0) is 10.4. The molecule has 3 N–H and O–H groups in total. The molecule has 5 nitrogen and oxygen atoms in total. The predicted octanol–water partition coefficient (Wildman–Crippen LogP) is 0.921. The molecule has 1 amide bonds. The van der Waals surface area contributed by atoms with Crippen molar-refractivity contribution in [3.8, 4) is 0 Å². The maximum Gasteiger partial charge on any atom is 0.287 e. The maximum atomic E-state index is 11.0. The number of carbonyl (C=O) groups is 1. The van der Waals surface area contributed by atoms with Crippen LogP contribution in [0.3, 0.4) is 0 Å². The Labute approximate surface area is 86.4 Å². The summed E-state index contributed by atoms with van der Waals surface area (Å²) in [7, 11) is 0. The summed E-state index contributed by atoms with van der Waals surface area (Å²) in [5, 5.41) is 3.59. The lowest BCUT2D eigenvalue weighted by molar-refractivity contribution is 0.0944. The number of amides is 1. The summed E-state index contributed by atoms with van der Waals surface area (Å²) in [6.45, 7) is 2.11. The number of hydrogen-bond acceptors (Lipinski definition) is 5. The number of thioether (sulfide) groups is 1. The van der Waals surface area contributed by atoms with E-state index >= 15 is 0 Å². The van der Waals surface area contributed by atoms with Gasteiger partial charge in [-0.05, 0) is 12.2 Å². The first-order chi connectivity index (χ1) is 6.77. The molecule has 1 rings (SSSR count). The molecule has 0 aliphatic rings. The summed E-state index contributed by atoms with van der Waals surface area (Å²) in [6, 6.07) is 1.60. The Morgan fingerprint density at radius 1 is 1.79 bits per heavy atom. The molecule has 0 aromatic carbocycles. The summed E-state index contributed by atoms with van der Waals surface area (Å²) in [6.07, 6.45) is 1.12. The average Bonchev–Trinajstić information content (AvgIpc) is 2.66. The molecule has 0 fully saturated rings. The van der Waals surface area contributed by atoms with Gasteiger partial charge in [0.1, 0.15) is 5.76 Å². The van der Waals surface area contributed by atoms with Gasteiger partial charge in [-0.3, -0.25) is 10.2 Å². The van der Waals surface area contributed by atoms with Crippen LogP contribution in [0.25, 0.3) is 0 Å². The third kappa shape index (κ3) is 3.04. The van der Waals surface area contributed by atoms with E-state index in [0.717, 1.165) is 17.9 Å². The van der Waals surface area contributed by atoms with Crippen molar-refractivity contribution in [2.75, 3.05) is 5.75 Å². The van der Waals surface area contributed by atoms with Gasteiger partial charge in [-0.2, -0.15) is 11.8 Å². The Morgan fingerprint density at radius 2 is 2.57 bits per heavy atom. The van der Waals surface area contributed by atoms with Gasteiger partial charge in [-0.1, -0.05) is 12.1 Å². The number of nitrogens with two attached hydrogens (primary N) is 1. The highest BCUT2D eigenvalue weighted by Gasteiger charge is 2.10. The third-order valence-corrected chi connectivity index (χ3v) is 2.70. The third-order valence-electron chi connectivity index (χ3n) is 1.52. The molecule has 0 unspecified atom stereocenters. The lowest BCUT2D eigenvalue weighted by Gasteiger charge is -1.92. The Balaban J connectivity index is 2.46. The molecule has 0 saturated carbocycles. The number of hydrazine groups is 1. The maximum absolute atomic E-state index is 11.0. The molecular weight excluding hydrogens is 202 g/mol. The van der Waals surface area contributed by atoms with E-state index in [1.165, 1.54) is 0 Å². The van der Waals surface area contributed by atoms with Gasteiger partial charge in [0.05, 0.1) is 5.75 Å². The van der Waals surface area contributed by atoms with E-state index in [0.29, 0.717) is 5.76 Å². The number of rotatable bonds is 5. The number of nitrogens with zero attached hydrogens (tertiary/aromatic N) is 1. The molecule has 1 aromatic rings. The second-order valence-corrected chi connectivity index (χ2v) is 3.81. The molecule has 0 bridgehead atoms. The minimum atomic E-state index is -0.430. The lowest BCUT2D eigenvalue weighted by Crippen LogP contribution is -2.30. The minimum Gasteiger partial charge on any atom is -0.360 e. The van der Waals surface area contributed by atoms with Crippen LogP contribution < -0.4 is 11.3 Å². The van der Waals surface area contributed by atoms with Gasteiger partial charge in [0.25, 0.3) is 5.91 Å². The van der Waals surface area contributed by atoms with E-state index in [1.807, 2.05) is 5.43 Å². The zero-order valence-corrected chi connectivity index (χ0v) is 8.76. The van der Waals surface area contributed by atoms with E-state index in [4.69, 9.17) is 10.4 Å². The first-order valence-electron chi connectivity index (χ1n) is 4.32. The van der Waals surface area contributed by atoms with Gasteiger partial charge >= 0.3 is 0 Å². The van der Waals surface area contributed by atoms with Gasteiger partial charge in [0, 0.05) is 6.07 Å². The van der Waals surface area contributed by atoms with E-state index < -0.39 is 5.91 Å². The molecule has 1 aromatic heterocycles. The molecule has 0 aliphatic carbocycles. The molecule has 14 heavy (non-hydrogen) atoms. The van der Waals surface area contributed by atoms with E-state index in [1.54, 1.807) is 17.8 Å². The monoisotopic (exact) mass is 215 g/mol. The van der Waals surface area contributed by atoms with Crippen LogP contribution in [0.1, 0.15) is 29.6 Å². The number of aromatic nitrogens is 1. The number of nitrogen functional groups attached to an aromatic ring is 1. The first-order valence-corrected chi connectivity index (χ1v) is 5.47.